The molecule has 0 bridgehead atoms. The molecule has 0 fully saturated rings. The molecule has 1 N–H and O–H groups in total. The van der Waals surface area contributed by atoms with Crippen molar-refractivity contribution < 1.29 is 0 Å². The fraction of sp³-hybridized carbons (Fsp3) is 0.312. The van der Waals surface area contributed by atoms with Crippen LogP contribution in [0.5, 0.6) is 0 Å². The summed E-state index contributed by atoms with van der Waals surface area (Å²) in [4.78, 5) is 4.10. The predicted molar refractivity (Wildman–Crippen MR) is 88.1 cm³/mol. The summed E-state index contributed by atoms with van der Waals surface area (Å²) in [5, 5.41) is 3.62. The van der Waals surface area contributed by atoms with Crippen molar-refractivity contribution in [1.82, 2.24) is 10.3 Å². The van der Waals surface area contributed by atoms with E-state index in [-0.39, 0.29) is 0 Å². The number of rotatable bonds is 6. The third kappa shape index (κ3) is 4.58. The van der Waals surface area contributed by atoms with Crippen molar-refractivity contribution in [2.45, 2.75) is 25.8 Å². The first-order chi connectivity index (χ1) is 9.29. The minimum atomic E-state index is 0.364. The molecule has 0 aliphatic carbocycles. The van der Waals surface area contributed by atoms with Crippen molar-refractivity contribution in [1.29, 1.82) is 0 Å². The summed E-state index contributed by atoms with van der Waals surface area (Å²) >= 11 is 2.34. The molecule has 3 heteroatoms. The summed E-state index contributed by atoms with van der Waals surface area (Å²) < 4.78 is 1.28. The minimum absolute atomic E-state index is 0.364. The normalized spacial score (nSPS) is 12.3. The Kier molecular flexibility index (Phi) is 5.79. The van der Waals surface area contributed by atoms with Gasteiger partial charge in [-0.05, 0) is 77.4 Å². The Morgan fingerprint density at radius 1 is 1.11 bits per heavy atom. The molecule has 0 saturated carbocycles. The number of hydrogen-bond donors (Lipinski definition) is 1. The van der Waals surface area contributed by atoms with Gasteiger partial charge in [0.2, 0.25) is 0 Å². The lowest BCUT2D eigenvalue weighted by Gasteiger charge is -2.19. The Morgan fingerprint density at radius 2 is 1.79 bits per heavy atom. The smallest absolute Gasteiger partial charge is 0.0361 e. The second-order valence-corrected chi connectivity index (χ2v) is 5.86. The summed E-state index contributed by atoms with van der Waals surface area (Å²) in [5.41, 5.74) is 2.67. The highest BCUT2D eigenvalue weighted by Gasteiger charge is 2.11. The van der Waals surface area contributed by atoms with E-state index in [4.69, 9.17) is 0 Å². The number of pyridine rings is 1. The zero-order valence-corrected chi connectivity index (χ0v) is 13.3. The zero-order valence-electron chi connectivity index (χ0n) is 11.1. The van der Waals surface area contributed by atoms with E-state index in [1.807, 2.05) is 12.4 Å². The Bertz CT molecular complexity index is 482. The highest BCUT2D eigenvalue weighted by atomic mass is 127. The van der Waals surface area contributed by atoms with Crippen molar-refractivity contribution in [3.05, 3.63) is 63.5 Å². The molecule has 0 aliphatic rings. The van der Waals surface area contributed by atoms with Crippen LogP contribution in [-0.2, 0) is 6.42 Å². The molecule has 2 nitrogen and oxygen atoms in total. The fourth-order valence-electron chi connectivity index (χ4n) is 2.08. The molecule has 0 radical (unpaired) electrons. The van der Waals surface area contributed by atoms with Crippen molar-refractivity contribution in [2.24, 2.45) is 0 Å². The van der Waals surface area contributed by atoms with Gasteiger partial charge in [-0.1, -0.05) is 19.1 Å². The van der Waals surface area contributed by atoms with E-state index in [1.165, 1.54) is 14.7 Å². The van der Waals surface area contributed by atoms with Gasteiger partial charge in [-0.25, -0.2) is 0 Å². The number of hydrogen-bond acceptors (Lipinski definition) is 2. The van der Waals surface area contributed by atoms with Crippen LogP contribution in [0.15, 0.2) is 48.8 Å². The Balaban J connectivity index is 2.11. The Hall–Kier alpha value is -0.940. The number of nitrogens with one attached hydrogen (secondary N) is 1. The summed E-state index contributed by atoms with van der Waals surface area (Å²) in [7, 11) is 0. The van der Waals surface area contributed by atoms with E-state index in [1.54, 1.807) is 0 Å². The minimum Gasteiger partial charge on any atom is -0.310 e. The van der Waals surface area contributed by atoms with Crippen LogP contribution < -0.4 is 5.32 Å². The first-order valence-corrected chi connectivity index (χ1v) is 7.75. The molecular formula is C16H19IN2. The average Bonchev–Trinajstić information content (AvgIpc) is 2.46. The molecule has 2 aromatic rings. The second kappa shape index (κ2) is 7.60. The van der Waals surface area contributed by atoms with Crippen LogP contribution in [-0.4, -0.2) is 11.5 Å². The molecule has 0 spiro atoms. The van der Waals surface area contributed by atoms with Gasteiger partial charge >= 0.3 is 0 Å². The van der Waals surface area contributed by atoms with Crippen LogP contribution in [0.1, 0.15) is 30.5 Å². The van der Waals surface area contributed by atoms with Crippen molar-refractivity contribution in [3.8, 4) is 0 Å². The number of benzene rings is 1. The molecular weight excluding hydrogens is 347 g/mol. The van der Waals surface area contributed by atoms with E-state index in [9.17, 15) is 0 Å². The lowest BCUT2D eigenvalue weighted by Crippen LogP contribution is -2.24. The van der Waals surface area contributed by atoms with Crippen LogP contribution in [0.25, 0.3) is 0 Å². The molecule has 1 aromatic carbocycles. The second-order valence-electron chi connectivity index (χ2n) is 4.62. The van der Waals surface area contributed by atoms with E-state index >= 15 is 0 Å². The zero-order chi connectivity index (χ0) is 13.5. The SMILES string of the molecule is CCCNC(Cc1ccc(I)cc1)c1ccncc1. The highest BCUT2D eigenvalue weighted by Crippen LogP contribution is 2.18. The van der Waals surface area contributed by atoms with Gasteiger partial charge in [0.1, 0.15) is 0 Å². The molecule has 1 atom stereocenters. The first-order valence-electron chi connectivity index (χ1n) is 6.67. The summed E-state index contributed by atoms with van der Waals surface area (Å²) in [6, 6.07) is 13.3. The van der Waals surface area contributed by atoms with Crippen LogP contribution in [0, 0.1) is 3.57 Å². The van der Waals surface area contributed by atoms with Gasteiger partial charge < -0.3 is 5.32 Å². The Labute approximate surface area is 128 Å². The molecule has 2 rings (SSSR count). The van der Waals surface area contributed by atoms with E-state index in [2.05, 4.69) is 76.2 Å². The number of nitrogens with zero attached hydrogens (tertiary/aromatic N) is 1. The van der Waals surface area contributed by atoms with Crippen molar-refractivity contribution >= 4 is 22.6 Å². The molecule has 1 aromatic heterocycles. The number of aromatic nitrogens is 1. The molecule has 100 valence electrons. The van der Waals surface area contributed by atoms with E-state index in [0.717, 1.165) is 19.4 Å². The number of halogens is 1. The molecule has 1 unspecified atom stereocenters. The van der Waals surface area contributed by atoms with Gasteiger partial charge in [-0.3, -0.25) is 4.98 Å². The van der Waals surface area contributed by atoms with Crippen LogP contribution >= 0.6 is 22.6 Å². The van der Waals surface area contributed by atoms with Crippen LogP contribution in [0.4, 0.5) is 0 Å². The van der Waals surface area contributed by atoms with Crippen LogP contribution in [0.2, 0.25) is 0 Å². The third-order valence-electron chi connectivity index (χ3n) is 3.10. The fourth-order valence-corrected chi connectivity index (χ4v) is 2.44. The third-order valence-corrected chi connectivity index (χ3v) is 3.82. The molecule has 0 aliphatic heterocycles. The summed E-state index contributed by atoms with van der Waals surface area (Å²) in [5.74, 6) is 0. The van der Waals surface area contributed by atoms with E-state index in [0.29, 0.717) is 6.04 Å². The largest absolute Gasteiger partial charge is 0.310 e. The van der Waals surface area contributed by atoms with Gasteiger partial charge in [0.05, 0.1) is 0 Å². The summed E-state index contributed by atoms with van der Waals surface area (Å²) in [6.07, 6.45) is 5.89. The molecule has 1 heterocycles. The summed E-state index contributed by atoms with van der Waals surface area (Å²) in [6.45, 7) is 3.23. The topological polar surface area (TPSA) is 24.9 Å². The molecule has 0 saturated heterocycles. The Morgan fingerprint density at radius 3 is 2.42 bits per heavy atom. The lowest BCUT2D eigenvalue weighted by molar-refractivity contribution is 0.529. The van der Waals surface area contributed by atoms with Gasteiger partial charge in [-0.15, -0.1) is 0 Å². The van der Waals surface area contributed by atoms with Crippen molar-refractivity contribution in [2.75, 3.05) is 6.54 Å². The average molecular weight is 366 g/mol. The first kappa shape index (κ1) is 14.5. The van der Waals surface area contributed by atoms with Gasteiger partial charge in [0, 0.05) is 22.0 Å². The van der Waals surface area contributed by atoms with Crippen molar-refractivity contribution in [3.63, 3.8) is 0 Å². The molecule has 0 amide bonds. The lowest BCUT2D eigenvalue weighted by atomic mass is 9.99. The molecule has 19 heavy (non-hydrogen) atoms. The van der Waals surface area contributed by atoms with Gasteiger partial charge in [-0.2, -0.15) is 0 Å². The van der Waals surface area contributed by atoms with Gasteiger partial charge in [0.25, 0.3) is 0 Å². The van der Waals surface area contributed by atoms with Gasteiger partial charge in [0.15, 0.2) is 0 Å². The monoisotopic (exact) mass is 366 g/mol. The quantitative estimate of drug-likeness (QED) is 0.783. The maximum Gasteiger partial charge on any atom is 0.0361 e. The predicted octanol–water partition coefficient (Wildman–Crippen LogP) is 3.97. The maximum absolute atomic E-state index is 4.10. The standard InChI is InChI=1S/C16H19IN2/c1-2-9-19-16(14-7-10-18-11-8-14)12-13-3-5-15(17)6-4-13/h3-8,10-11,16,19H,2,9,12H2,1H3. The van der Waals surface area contributed by atoms with E-state index < -0.39 is 0 Å². The maximum atomic E-state index is 4.10. The highest BCUT2D eigenvalue weighted by molar-refractivity contribution is 14.1. The van der Waals surface area contributed by atoms with Crippen LogP contribution in [0.3, 0.4) is 0 Å².